The summed E-state index contributed by atoms with van der Waals surface area (Å²) < 4.78 is 35.5. The minimum absolute atomic E-state index is 0.0244. The van der Waals surface area contributed by atoms with Crippen LogP contribution >= 0.6 is 0 Å². The zero-order valence-corrected chi connectivity index (χ0v) is 10.4. The smallest absolute Gasteiger partial charge is 0.405 e. The molecule has 21 heavy (non-hydrogen) atoms. The first-order chi connectivity index (χ1) is 9.69. The van der Waals surface area contributed by atoms with Crippen molar-refractivity contribution in [2.45, 2.75) is 6.18 Å². The van der Waals surface area contributed by atoms with Crippen LogP contribution in [-0.4, -0.2) is 47.1 Å². The third-order valence-electron chi connectivity index (χ3n) is 2.14. The summed E-state index contributed by atoms with van der Waals surface area (Å²) in [5.41, 5.74) is -0.293. The topological polar surface area (TPSA) is 108 Å². The van der Waals surface area contributed by atoms with E-state index in [1.165, 1.54) is 6.07 Å². The summed E-state index contributed by atoms with van der Waals surface area (Å²) in [5, 5.41) is 12.3. The quantitative estimate of drug-likeness (QED) is 0.719. The van der Waals surface area contributed by atoms with Crippen molar-refractivity contribution < 1.29 is 32.7 Å². The van der Waals surface area contributed by atoms with Crippen molar-refractivity contribution in [2.75, 3.05) is 13.1 Å². The van der Waals surface area contributed by atoms with Gasteiger partial charge in [-0.15, -0.1) is 0 Å². The molecule has 3 N–H and O–H groups in total. The van der Waals surface area contributed by atoms with Crippen molar-refractivity contribution in [3.05, 3.63) is 29.6 Å². The van der Waals surface area contributed by atoms with Crippen molar-refractivity contribution in [3.8, 4) is 0 Å². The molecule has 0 bridgehead atoms. The number of rotatable bonds is 5. The highest BCUT2D eigenvalue weighted by atomic mass is 19.4. The van der Waals surface area contributed by atoms with Gasteiger partial charge < -0.3 is 15.7 Å². The number of nitrogens with one attached hydrogen (secondary N) is 2. The average Bonchev–Trinajstić information content (AvgIpc) is 2.41. The fraction of sp³-hybridized carbons (Fsp3) is 0.273. The minimum atomic E-state index is -4.53. The van der Waals surface area contributed by atoms with Gasteiger partial charge >= 0.3 is 12.1 Å². The van der Waals surface area contributed by atoms with Gasteiger partial charge in [0.2, 0.25) is 5.91 Å². The Kier molecular flexibility index (Phi) is 5.22. The Balaban J connectivity index is 2.46. The van der Waals surface area contributed by atoms with Crippen LogP contribution in [0.4, 0.5) is 13.2 Å². The summed E-state index contributed by atoms with van der Waals surface area (Å²) in [5.74, 6) is -3.04. The second-order valence-corrected chi connectivity index (χ2v) is 3.81. The number of carbonyl (C=O) groups excluding carboxylic acids is 2. The number of carboxylic acid groups (broad SMARTS) is 1. The molecule has 2 amide bonds. The molecule has 1 aromatic rings. The molecule has 1 rings (SSSR count). The van der Waals surface area contributed by atoms with Crippen molar-refractivity contribution in [2.24, 2.45) is 0 Å². The summed E-state index contributed by atoms with van der Waals surface area (Å²) in [7, 11) is 0. The van der Waals surface area contributed by atoms with Crippen LogP contribution in [0.15, 0.2) is 18.3 Å². The van der Waals surface area contributed by atoms with E-state index < -0.39 is 37.0 Å². The third kappa shape index (κ3) is 5.89. The SMILES string of the molecule is O=C(CNC(=O)c1ccc(C(=O)O)nc1)NCC(F)(F)F. The van der Waals surface area contributed by atoms with E-state index in [2.05, 4.69) is 10.3 Å². The van der Waals surface area contributed by atoms with E-state index in [0.717, 1.165) is 12.3 Å². The minimum Gasteiger partial charge on any atom is -0.477 e. The molecule has 0 radical (unpaired) electrons. The van der Waals surface area contributed by atoms with Crippen LogP contribution in [0.25, 0.3) is 0 Å². The molecule has 0 aromatic carbocycles. The maximum absolute atomic E-state index is 11.8. The maximum atomic E-state index is 11.8. The van der Waals surface area contributed by atoms with E-state index in [0.29, 0.717) is 0 Å². The number of hydrogen-bond acceptors (Lipinski definition) is 4. The van der Waals surface area contributed by atoms with E-state index in [-0.39, 0.29) is 11.3 Å². The third-order valence-corrected chi connectivity index (χ3v) is 2.14. The number of aromatic carboxylic acids is 1. The molecule has 0 aliphatic heterocycles. The van der Waals surface area contributed by atoms with Gasteiger partial charge in [-0.25, -0.2) is 9.78 Å². The molecule has 10 heteroatoms. The first-order valence-corrected chi connectivity index (χ1v) is 5.50. The van der Waals surface area contributed by atoms with E-state index in [1.54, 1.807) is 5.32 Å². The average molecular weight is 305 g/mol. The van der Waals surface area contributed by atoms with Gasteiger partial charge in [0.25, 0.3) is 5.91 Å². The molecule has 1 heterocycles. The first kappa shape index (κ1) is 16.4. The first-order valence-electron chi connectivity index (χ1n) is 5.50. The van der Waals surface area contributed by atoms with Crippen LogP contribution in [0.5, 0.6) is 0 Å². The standard InChI is InChI=1S/C11H10F3N3O4/c12-11(13,14)5-17-8(18)4-16-9(19)6-1-2-7(10(20)21)15-3-6/h1-3H,4-5H2,(H,16,19)(H,17,18)(H,20,21). The Bertz CT molecular complexity index is 543. The summed E-state index contributed by atoms with van der Waals surface area (Å²) in [6.45, 7) is -2.13. The predicted octanol–water partition coefficient (Wildman–Crippen LogP) is 0.188. The Morgan fingerprint density at radius 2 is 1.86 bits per heavy atom. The lowest BCUT2D eigenvalue weighted by Gasteiger charge is -2.09. The molecule has 0 atom stereocenters. The van der Waals surface area contributed by atoms with Gasteiger partial charge in [0.15, 0.2) is 0 Å². The van der Waals surface area contributed by atoms with Crippen molar-refractivity contribution >= 4 is 17.8 Å². The second kappa shape index (κ2) is 6.68. The molecule has 0 aliphatic rings. The zero-order valence-electron chi connectivity index (χ0n) is 10.4. The lowest BCUT2D eigenvalue weighted by Crippen LogP contribution is -2.40. The molecule has 114 valence electrons. The molecule has 1 aromatic heterocycles. The highest BCUT2D eigenvalue weighted by Crippen LogP contribution is 2.11. The van der Waals surface area contributed by atoms with Crippen LogP contribution < -0.4 is 10.6 Å². The van der Waals surface area contributed by atoms with Crippen molar-refractivity contribution in [3.63, 3.8) is 0 Å². The summed E-state index contributed by atoms with van der Waals surface area (Å²) in [4.78, 5) is 36.6. The van der Waals surface area contributed by atoms with Gasteiger partial charge in [-0.05, 0) is 12.1 Å². The number of halogens is 3. The molecule has 0 spiro atoms. The molecule has 0 aliphatic carbocycles. The summed E-state index contributed by atoms with van der Waals surface area (Å²) in [6.07, 6.45) is -3.55. The predicted molar refractivity (Wildman–Crippen MR) is 62.6 cm³/mol. The maximum Gasteiger partial charge on any atom is 0.405 e. The number of pyridine rings is 1. The number of nitrogens with zero attached hydrogens (tertiary/aromatic N) is 1. The number of carboxylic acids is 1. The van der Waals surface area contributed by atoms with Crippen LogP contribution in [0.1, 0.15) is 20.8 Å². The van der Waals surface area contributed by atoms with E-state index in [1.807, 2.05) is 0 Å². The monoisotopic (exact) mass is 305 g/mol. The largest absolute Gasteiger partial charge is 0.477 e. The molecular weight excluding hydrogens is 295 g/mol. The van der Waals surface area contributed by atoms with Crippen LogP contribution in [0.3, 0.4) is 0 Å². The lowest BCUT2D eigenvalue weighted by molar-refractivity contribution is -0.137. The normalized spacial score (nSPS) is 10.8. The summed E-state index contributed by atoms with van der Waals surface area (Å²) in [6, 6.07) is 2.25. The molecule has 0 saturated heterocycles. The highest BCUT2D eigenvalue weighted by Gasteiger charge is 2.27. The van der Waals surface area contributed by atoms with Gasteiger partial charge in [-0.1, -0.05) is 0 Å². The molecule has 0 saturated carbocycles. The van der Waals surface area contributed by atoms with E-state index >= 15 is 0 Å². The Labute approximate surface area is 116 Å². The lowest BCUT2D eigenvalue weighted by atomic mass is 10.2. The van der Waals surface area contributed by atoms with Crippen molar-refractivity contribution in [1.29, 1.82) is 0 Å². The zero-order chi connectivity index (χ0) is 16.0. The number of amides is 2. The Hall–Kier alpha value is -2.65. The molecule has 0 fully saturated rings. The van der Waals surface area contributed by atoms with Gasteiger partial charge in [0.05, 0.1) is 12.1 Å². The van der Waals surface area contributed by atoms with E-state index in [9.17, 15) is 27.6 Å². The van der Waals surface area contributed by atoms with Crippen molar-refractivity contribution in [1.82, 2.24) is 15.6 Å². The molecule has 0 unspecified atom stereocenters. The summed E-state index contributed by atoms with van der Waals surface area (Å²) >= 11 is 0. The Morgan fingerprint density at radius 1 is 1.19 bits per heavy atom. The Morgan fingerprint density at radius 3 is 2.33 bits per heavy atom. The van der Waals surface area contributed by atoms with Gasteiger partial charge in [-0.3, -0.25) is 9.59 Å². The molecular formula is C11H10F3N3O4. The highest BCUT2D eigenvalue weighted by molar-refractivity contribution is 5.96. The second-order valence-electron chi connectivity index (χ2n) is 3.81. The number of hydrogen-bond donors (Lipinski definition) is 3. The number of aromatic nitrogens is 1. The number of alkyl halides is 3. The van der Waals surface area contributed by atoms with Gasteiger partial charge in [0, 0.05) is 6.20 Å². The van der Waals surface area contributed by atoms with Gasteiger partial charge in [0.1, 0.15) is 12.2 Å². The fourth-order valence-corrected chi connectivity index (χ4v) is 1.18. The van der Waals surface area contributed by atoms with Crippen LogP contribution in [0, 0.1) is 0 Å². The van der Waals surface area contributed by atoms with E-state index in [4.69, 9.17) is 5.11 Å². The van der Waals surface area contributed by atoms with Crippen LogP contribution in [-0.2, 0) is 4.79 Å². The molecule has 7 nitrogen and oxygen atoms in total. The van der Waals surface area contributed by atoms with Crippen LogP contribution in [0.2, 0.25) is 0 Å². The number of carbonyl (C=O) groups is 3. The fourth-order valence-electron chi connectivity index (χ4n) is 1.18. The van der Waals surface area contributed by atoms with Gasteiger partial charge in [-0.2, -0.15) is 13.2 Å².